The summed E-state index contributed by atoms with van der Waals surface area (Å²) in [5.74, 6) is 0.353. The van der Waals surface area contributed by atoms with Crippen molar-refractivity contribution in [3.05, 3.63) is 71.7 Å². The van der Waals surface area contributed by atoms with Gasteiger partial charge in [0, 0.05) is 24.8 Å². The minimum absolute atomic E-state index is 0.0216. The Labute approximate surface area is 164 Å². The lowest BCUT2D eigenvalue weighted by atomic mass is 10.1. The molecule has 0 aliphatic heterocycles. The molecular weight excluding hydrogens is 357 g/mol. The highest BCUT2D eigenvalue weighted by molar-refractivity contribution is 5.77. The summed E-state index contributed by atoms with van der Waals surface area (Å²) in [5, 5.41) is 7.22. The molecule has 1 heterocycles. The van der Waals surface area contributed by atoms with Gasteiger partial charge in [0.1, 0.15) is 11.6 Å². The summed E-state index contributed by atoms with van der Waals surface area (Å²) in [5.41, 5.74) is 3.50. The van der Waals surface area contributed by atoms with Crippen molar-refractivity contribution >= 4 is 5.91 Å². The smallest absolute Gasteiger partial charge is 0.260 e. The number of nitrogens with one attached hydrogen (secondary N) is 1. The maximum absolute atomic E-state index is 13.3. The normalized spacial score (nSPS) is 10.7. The quantitative estimate of drug-likeness (QED) is 0.642. The van der Waals surface area contributed by atoms with Gasteiger partial charge in [-0.15, -0.1) is 0 Å². The molecule has 0 atom stereocenters. The third kappa shape index (κ3) is 5.42. The van der Waals surface area contributed by atoms with E-state index in [2.05, 4.69) is 10.2 Å². The maximum Gasteiger partial charge on any atom is 0.260 e. The first-order valence-corrected chi connectivity index (χ1v) is 9.25. The molecule has 3 aromatic rings. The third-order valence-electron chi connectivity index (χ3n) is 4.47. The number of ether oxygens (including phenoxy) is 1. The number of likely N-dealkylation sites (N-methyl/N-ethyl adjacent to an activating group) is 1. The molecule has 1 N–H and O–H groups in total. The summed E-state index contributed by atoms with van der Waals surface area (Å²) >= 11 is 0. The zero-order valence-electron chi connectivity index (χ0n) is 16.1. The molecule has 0 saturated carbocycles. The van der Waals surface area contributed by atoms with Crippen LogP contribution in [0.2, 0.25) is 0 Å². The van der Waals surface area contributed by atoms with Crippen LogP contribution >= 0.6 is 0 Å². The van der Waals surface area contributed by atoms with Gasteiger partial charge in [-0.3, -0.25) is 9.89 Å². The van der Waals surface area contributed by atoms with Crippen molar-refractivity contribution in [1.29, 1.82) is 0 Å². The predicted octanol–water partition coefficient (Wildman–Crippen LogP) is 3.99. The molecule has 1 amide bonds. The van der Waals surface area contributed by atoms with Gasteiger partial charge in [0.05, 0.1) is 5.69 Å². The number of rotatable bonds is 8. The average Bonchev–Trinajstić information content (AvgIpc) is 3.15. The largest absolute Gasteiger partial charge is 0.484 e. The van der Waals surface area contributed by atoms with E-state index in [1.807, 2.05) is 43.3 Å². The minimum Gasteiger partial charge on any atom is -0.484 e. The Hall–Kier alpha value is -3.15. The van der Waals surface area contributed by atoms with Crippen LogP contribution in [0.4, 0.5) is 4.39 Å². The van der Waals surface area contributed by atoms with Crippen LogP contribution < -0.4 is 4.74 Å². The second-order valence-electron chi connectivity index (χ2n) is 6.81. The van der Waals surface area contributed by atoms with Gasteiger partial charge in [-0.2, -0.15) is 5.10 Å². The Balaban J connectivity index is 1.43. The number of aromatic nitrogens is 2. The molecule has 0 aliphatic rings. The molecule has 0 radical (unpaired) electrons. The monoisotopic (exact) mass is 381 g/mol. The minimum atomic E-state index is -0.282. The van der Waals surface area contributed by atoms with Crippen molar-refractivity contribution in [2.45, 2.75) is 19.8 Å². The Kier molecular flexibility index (Phi) is 6.42. The summed E-state index contributed by atoms with van der Waals surface area (Å²) < 4.78 is 18.9. The van der Waals surface area contributed by atoms with Gasteiger partial charge >= 0.3 is 0 Å². The first-order valence-electron chi connectivity index (χ1n) is 9.25. The van der Waals surface area contributed by atoms with Crippen molar-refractivity contribution < 1.29 is 13.9 Å². The second-order valence-corrected chi connectivity index (χ2v) is 6.81. The number of hydrogen-bond donors (Lipinski definition) is 1. The van der Waals surface area contributed by atoms with E-state index in [1.165, 1.54) is 12.1 Å². The molecular formula is C22H24FN3O2. The highest BCUT2D eigenvalue weighted by Gasteiger charge is 2.10. The number of hydrogen-bond acceptors (Lipinski definition) is 3. The fraction of sp³-hybridized carbons (Fsp3) is 0.273. The number of H-pyrrole nitrogens is 1. The van der Waals surface area contributed by atoms with Crippen molar-refractivity contribution in [1.82, 2.24) is 15.1 Å². The summed E-state index contributed by atoms with van der Waals surface area (Å²) in [6.45, 7) is 2.62. The molecule has 0 spiro atoms. The lowest BCUT2D eigenvalue weighted by Crippen LogP contribution is -2.32. The number of benzene rings is 2. The Bertz CT molecular complexity index is 939. The molecule has 28 heavy (non-hydrogen) atoms. The van der Waals surface area contributed by atoms with Crippen LogP contribution in [-0.2, 0) is 11.2 Å². The van der Waals surface area contributed by atoms with E-state index in [4.69, 9.17) is 4.74 Å². The number of nitrogens with zero attached hydrogens (tertiary/aromatic N) is 2. The van der Waals surface area contributed by atoms with Gasteiger partial charge < -0.3 is 9.64 Å². The average molecular weight is 381 g/mol. The number of aromatic amines is 1. The number of amides is 1. The topological polar surface area (TPSA) is 58.2 Å². The van der Waals surface area contributed by atoms with E-state index in [9.17, 15) is 9.18 Å². The molecule has 0 fully saturated rings. The fourth-order valence-corrected chi connectivity index (χ4v) is 2.88. The molecule has 1 aromatic heterocycles. The molecule has 6 heteroatoms. The molecule has 5 nitrogen and oxygen atoms in total. The molecule has 3 rings (SSSR count). The molecule has 0 bridgehead atoms. The van der Waals surface area contributed by atoms with Crippen LogP contribution in [0.5, 0.6) is 5.75 Å². The van der Waals surface area contributed by atoms with E-state index in [-0.39, 0.29) is 18.3 Å². The summed E-state index contributed by atoms with van der Waals surface area (Å²) in [6.07, 6.45) is 1.54. The molecule has 0 unspecified atom stereocenters. The highest BCUT2D eigenvalue weighted by atomic mass is 19.1. The van der Waals surface area contributed by atoms with Gasteiger partial charge in [0.2, 0.25) is 0 Å². The van der Waals surface area contributed by atoms with Gasteiger partial charge in [0.25, 0.3) is 5.91 Å². The molecule has 2 aromatic carbocycles. The van der Waals surface area contributed by atoms with Crippen LogP contribution in [0.25, 0.3) is 11.3 Å². The van der Waals surface area contributed by atoms with Gasteiger partial charge in [-0.05, 0) is 55.7 Å². The Morgan fingerprint density at radius 3 is 2.79 bits per heavy atom. The first-order chi connectivity index (χ1) is 13.5. The van der Waals surface area contributed by atoms with Crippen LogP contribution in [0.15, 0.2) is 54.6 Å². The van der Waals surface area contributed by atoms with E-state index in [0.717, 1.165) is 29.7 Å². The predicted molar refractivity (Wildman–Crippen MR) is 107 cm³/mol. The van der Waals surface area contributed by atoms with Crippen LogP contribution in [0, 0.1) is 12.7 Å². The second kappa shape index (κ2) is 9.17. The van der Waals surface area contributed by atoms with Crippen LogP contribution in [0.3, 0.4) is 0 Å². The standard InChI is InChI=1S/C22H24FN3O2/c1-16-6-3-10-20(12-16)28-15-22(27)26(2)11-5-9-19-14-21(25-24-19)17-7-4-8-18(23)13-17/h3-4,6-8,10,12-14H,5,9,11,15H2,1-2H3,(H,24,25). The molecule has 146 valence electrons. The van der Waals surface area contributed by atoms with Crippen molar-refractivity contribution in [3.63, 3.8) is 0 Å². The first kappa shape index (κ1) is 19.6. The van der Waals surface area contributed by atoms with E-state index >= 15 is 0 Å². The molecule has 0 saturated heterocycles. The van der Waals surface area contributed by atoms with Gasteiger partial charge in [-0.25, -0.2) is 4.39 Å². The van der Waals surface area contributed by atoms with Crippen molar-refractivity contribution in [3.8, 4) is 17.0 Å². The Morgan fingerprint density at radius 1 is 1.18 bits per heavy atom. The van der Waals surface area contributed by atoms with E-state index in [0.29, 0.717) is 18.0 Å². The van der Waals surface area contributed by atoms with Crippen LogP contribution in [-0.4, -0.2) is 41.2 Å². The van der Waals surface area contributed by atoms with Gasteiger partial charge in [-0.1, -0.05) is 24.3 Å². The summed E-state index contributed by atoms with van der Waals surface area (Å²) in [6, 6.07) is 15.9. The number of aryl methyl sites for hydroxylation is 2. The highest BCUT2D eigenvalue weighted by Crippen LogP contribution is 2.19. The zero-order chi connectivity index (χ0) is 19.9. The molecule has 0 aliphatic carbocycles. The van der Waals surface area contributed by atoms with Crippen LogP contribution in [0.1, 0.15) is 17.7 Å². The zero-order valence-corrected chi connectivity index (χ0v) is 16.1. The number of carbonyl (C=O) groups is 1. The SMILES string of the molecule is Cc1cccc(OCC(=O)N(C)CCCc2cc(-c3cccc(F)c3)n[nH]2)c1. The lowest BCUT2D eigenvalue weighted by Gasteiger charge is -2.17. The van der Waals surface area contributed by atoms with E-state index < -0.39 is 0 Å². The van der Waals surface area contributed by atoms with Crippen molar-refractivity contribution in [2.75, 3.05) is 20.2 Å². The van der Waals surface area contributed by atoms with Gasteiger partial charge in [0.15, 0.2) is 6.61 Å². The Morgan fingerprint density at radius 2 is 2.00 bits per heavy atom. The number of carbonyl (C=O) groups excluding carboxylic acids is 1. The third-order valence-corrected chi connectivity index (χ3v) is 4.47. The van der Waals surface area contributed by atoms with Crippen molar-refractivity contribution in [2.24, 2.45) is 0 Å². The van der Waals surface area contributed by atoms with E-state index in [1.54, 1.807) is 18.0 Å². The maximum atomic E-state index is 13.3. The summed E-state index contributed by atoms with van der Waals surface area (Å²) in [4.78, 5) is 13.9. The summed E-state index contributed by atoms with van der Waals surface area (Å²) in [7, 11) is 1.77. The lowest BCUT2D eigenvalue weighted by molar-refractivity contribution is -0.132. The number of halogens is 1. The fourth-order valence-electron chi connectivity index (χ4n) is 2.88.